The van der Waals surface area contributed by atoms with Gasteiger partial charge in [-0.05, 0) is 163 Å². The topological polar surface area (TPSA) is 13.0 Å². The Hall–Kier alpha value is -8.34. The van der Waals surface area contributed by atoms with Gasteiger partial charge in [0.05, 0.1) is 45.5 Å². The van der Waals surface area contributed by atoms with Crippen LogP contribution in [0.5, 0.6) is 0 Å². The van der Waals surface area contributed by atoms with Crippen molar-refractivity contribution in [3.05, 3.63) is 263 Å². The summed E-state index contributed by atoms with van der Waals surface area (Å²) in [4.78, 5) is 9.76. The predicted molar refractivity (Wildman–Crippen MR) is 300 cm³/mol. The summed E-state index contributed by atoms with van der Waals surface area (Å²) < 4.78 is 0. The second-order valence-corrected chi connectivity index (χ2v) is 18.6. The van der Waals surface area contributed by atoms with Gasteiger partial charge in [-0.15, -0.1) is 0 Å². The number of benzene rings is 8. The van der Waals surface area contributed by atoms with Gasteiger partial charge in [-0.1, -0.05) is 159 Å². The Morgan fingerprint density at radius 1 is 0.457 bits per heavy atom. The molecule has 3 aliphatic rings. The molecule has 0 unspecified atom stereocenters. The van der Waals surface area contributed by atoms with Crippen molar-refractivity contribution < 1.29 is 0 Å². The molecule has 70 heavy (non-hydrogen) atoms. The zero-order chi connectivity index (χ0) is 47.7. The van der Waals surface area contributed by atoms with Crippen LogP contribution < -0.4 is 19.6 Å². The van der Waals surface area contributed by atoms with Crippen LogP contribution in [0, 0.1) is 6.92 Å². The molecule has 0 bridgehead atoms. The molecule has 0 N–H and O–H groups in total. The molecule has 0 atom stereocenters. The Morgan fingerprint density at radius 3 is 1.66 bits per heavy atom. The van der Waals surface area contributed by atoms with E-state index in [9.17, 15) is 0 Å². The first-order valence-corrected chi connectivity index (χ1v) is 24.8. The molecule has 4 nitrogen and oxygen atoms in total. The zero-order valence-corrected chi connectivity index (χ0v) is 40.7. The van der Waals surface area contributed by atoms with Crippen molar-refractivity contribution in [1.82, 2.24) is 0 Å². The molecule has 0 fully saturated rings. The predicted octanol–water partition coefficient (Wildman–Crippen LogP) is 18.6. The summed E-state index contributed by atoms with van der Waals surface area (Å²) in [7, 11) is 0. The van der Waals surface area contributed by atoms with Gasteiger partial charge in [-0.25, -0.2) is 0 Å². The van der Waals surface area contributed by atoms with Gasteiger partial charge in [0, 0.05) is 28.1 Å². The van der Waals surface area contributed by atoms with Crippen LogP contribution in [0.4, 0.5) is 45.5 Å². The number of fused-ring (bicyclic) bond motifs is 3. The minimum atomic E-state index is 0.314. The molecule has 0 saturated heterocycles. The molecule has 1 aliphatic carbocycles. The minimum Gasteiger partial charge on any atom is -0.310 e. The van der Waals surface area contributed by atoms with E-state index < -0.39 is 0 Å². The summed E-state index contributed by atoms with van der Waals surface area (Å²) in [6, 6.07) is 66.4. The van der Waals surface area contributed by atoms with Gasteiger partial charge < -0.3 is 19.6 Å². The number of anilines is 8. The van der Waals surface area contributed by atoms with E-state index in [4.69, 9.17) is 0 Å². The Balaban J connectivity index is 0.931. The van der Waals surface area contributed by atoms with Crippen LogP contribution in [0.2, 0.25) is 0 Å². The number of rotatable bonds is 10. The lowest BCUT2D eigenvalue weighted by atomic mass is 9.88. The summed E-state index contributed by atoms with van der Waals surface area (Å²) in [6.07, 6.45) is 20.0. The quantitative estimate of drug-likeness (QED) is 0.127. The number of nitrogens with zero attached hydrogens (tertiary/aromatic N) is 4. The smallest absolute Gasteiger partial charge is 0.0703 e. The fourth-order valence-corrected chi connectivity index (χ4v) is 10.8. The standard InChI is InChI=1S/C66H58N4/c1-6-22-59-60(23-7-2)69(62-31-17-16-30-61(62)67(59)50-24-10-8-11-25-50)52-40-42-55(57(45-52)46(3)4)53-41-37-48(44-47(53)5)36-38-49-39-43-58(56-29-15-14-28-54(49)56)70-65-34-20-18-32-63(65)68(51-26-12-9-13-27-51)64-33-19-21-35-66(64)70/h6-16,18-30,32-46H,17,31H2,1-5H3/b22-6-,23-7-,38-36+. The van der Waals surface area contributed by atoms with Crippen LogP contribution >= 0.6 is 0 Å². The lowest BCUT2D eigenvalue weighted by molar-refractivity contribution is 0.829. The molecule has 0 spiro atoms. The number of hydrogen-bond donors (Lipinski definition) is 0. The van der Waals surface area contributed by atoms with Crippen molar-refractivity contribution in [1.29, 1.82) is 0 Å². The van der Waals surface area contributed by atoms with Crippen LogP contribution in [-0.2, 0) is 0 Å². The maximum absolute atomic E-state index is 2.52. The molecular formula is C66H58N4. The molecule has 0 amide bonds. The minimum absolute atomic E-state index is 0.314. The first kappa shape index (κ1) is 44.2. The van der Waals surface area contributed by atoms with Gasteiger partial charge in [0.25, 0.3) is 0 Å². The fraction of sp³-hybridized carbons (Fsp3) is 0.121. The Kier molecular flexibility index (Phi) is 12.0. The summed E-state index contributed by atoms with van der Waals surface area (Å²) in [5, 5.41) is 2.42. The van der Waals surface area contributed by atoms with Crippen molar-refractivity contribution in [3.8, 4) is 11.1 Å². The van der Waals surface area contributed by atoms with Crippen LogP contribution in [0.1, 0.15) is 68.7 Å². The van der Waals surface area contributed by atoms with E-state index in [2.05, 4.69) is 285 Å². The molecule has 0 saturated carbocycles. The van der Waals surface area contributed by atoms with Crippen molar-refractivity contribution in [3.63, 3.8) is 0 Å². The highest BCUT2D eigenvalue weighted by Gasteiger charge is 2.34. The Morgan fingerprint density at radius 2 is 1.03 bits per heavy atom. The molecular weight excluding hydrogens is 849 g/mol. The maximum atomic E-state index is 2.52. The third-order valence-electron chi connectivity index (χ3n) is 13.9. The van der Waals surface area contributed by atoms with E-state index in [1.54, 1.807) is 0 Å². The SMILES string of the molecule is C/C=C\C1=C(/C=C\C)N(c2ccc(-c3ccc(/C=C/c4ccc(N5c6ccccc6N(c6ccccc6)c6ccccc65)c5ccccc45)cc3C)c(C(C)C)c2)C2=C(C=CCC2)N1c1ccccc1. The van der Waals surface area contributed by atoms with Crippen LogP contribution in [0.25, 0.3) is 34.1 Å². The molecule has 11 rings (SSSR count). The van der Waals surface area contributed by atoms with Crippen molar-refractivity contribution in [2.75, 3.05) is 19.6 Å². The maximum Gasteiger partial charge on any atom is 0.0703 e. The first-order chi connectivity index (χ1) is 34.4. The molecule has 4 heteroatoms. The Bertz CT molecular complexity index is 3410. The van der Waals surface area contributed by atoms with Crippen LogP contribution in [-0.4, -0.2) is 0 Å². The highest BCUT2D eigenvalue weighted by molar-refractivity contribution is 6.09. The van der Waals surface area contributed by atoms with Crippen molar-refractivity contribution >= 4 is 68.4 Å². The molecule has 2 aliphatic heterocycles. The second kappa shape index (κ2) is 19.0. The highest BCUT2D eigenvalue weighted by atomic mass is 15.3. The van der Waals surface area contributed by atoms with E-state index in [1.807, 2.05) is 0 Å². The lowest BCUT2D eigenvalue weighted by Crippen LogP contribution is -2.37. The van der Waals surface area contributed by atoms with Gasteiger partial charge >= 0.3 is 0 Å². The first-order valence-electron chi connectivity index (χ1n) is 24.8. The zero-order valence-electron chi connectivity index (χ0n) is 40.7. The van der Waals surface area contributed by atoms with Gasteiger partial charge in [0.15, 0.2) is 0 Å². The molecule has 8 aromatic rings. The summed E-state index contributed by atoms with van der Waals surface area (Å²) in [5.74, 6) is 0.314. The second-order valence-electron chi connectivity index (χ2n) is 18.6. The van der Waals surface area contributed by atoms with Gasteiger partial charge in [-0.3, -0.25) is 0 Å². The lowest BCUT2D eigenvalue weighted by Gasteiger charge is -2.43. The molecule has 0 aromatic heterocycles. The van der Waals surface area contributed by atoms with E-state index in [0.29, 0.717) is 5.92 Å². The molecule has 2 heterocycles. The van der Waals surface area contributed by atoms with Gasteiger partial charge in [0.1, 0.15) is 0 Å². The third kappa shape index (κ3) is 7.86. The highest BCUT2D eigenvalue weighted by Crippen LogP contribution is 2.55. The summed E-state index contributed by atoms with van der Waals surface area (Å²) in [5.41, 5.74) is 21.6. The van der Waals surface area contributed by atoms with E-state index in [-0.39, 0.29) is 0 Å². The number of aryl methyl sites for hydroxylation is 1. The fourth-order valence-electron chi connectivity index (χ4n) is 10.8. The monoisotopic (exact) mass is 906 g/mol. The molecule has 342 valence electrons. The number of allylic oxidation sites excluding steroid dienone is 7. The van der Waals surface area contributed by atoms with E-state index in [0.717, 1.165) is 58.4 Å². The average molecular weight is 907 g/mol. The molecule has 0 radical (unpaired) electrons. The largest absolute Gasteiger partial charge is 0.310 e. The van der Waals surface area contributed by atoms with E-state index in [1.165, 1.54) is 66.9 Å². The Labute approximate surface area is 414 Å². The average Bonchev–Trinajstić information content (AvgIpc) is 3.40. The van der Waals surface area contributed by atoms with Crippen molar-refractivity contribution in [2.24, 2.45) is 0 Å². The van der Waals surface area contributed by atoms with Crippen LogP contribution in [0.3, 0.4) is 0 Å². The van der Waals surface area contributed by atoms with Gasteiger partial charge in [-0.2, -0.15) is 0 Å². The van der Waals surface area contributed by atoms with Crippen molar-refractivity contribution in [2.45, 2.75) is 53.4 Å². The number of para-hydroxylation sites is 6. The van der Waals surface area contributed by atoms with Crippen LogP contribution in [0.15, 0.2) is 241 Å². The normalized spacial score (nSPS) is 14.8. The third-order valence-corrected chi connectivity index (χ3v) is 13.9. The van der Waals surface area contributed by atoms with E-state index >= 15 is 0 Å². The summed E-state index contributed by atoms with van der Waals surface area (Å²) in [6.45, 7) is 11.1. The summed E-state index contributed by atoms with van der Waals surface area (Å²) >= 11 is 0. The number of hydrogen-bond acceptors (Lipinski definition) is 4. The molecule has 8 aromatic carbocycles. The van der Waals surface area contributed by atoms with Gasteiger partial charge in [0.2, 0.25) is 0 Å².